The van der Waals surface area contributed by atoms with Crippen LogP contribution in [0.5, 0.6) is 0 Å². The number of amides is 2. The van der Waals surface area contributed by atoms with Gasteiger partial charge in [-0.25, -0.2) is 9.59 Å². The van der Waals surface area contributed by atoms with Crippen molar-refractivity contribution in [1.29, 1.82) is 0 Å². The Morgan fingerprint density at radius 2 is 1.39 bits per heavy atom. The van der Waals surface area contributed by atoms with Gasteiger partial charge in [0.25, 0.3) is 0 Å². The highest BCUT2D eigenvalue weighted by Gasteiger charge is 2.40. The van der Waals surface area contributed by atoms with Crippen LogP contribution in [0.15, 0.2) is 109 Å². The fraction of sp³-hybridized carbons (Fsp3) is 0.325. The van der Waals surface area contributed by atoms with E-state index in [0.717, 1.165) is 34.4 Å². The number of carboxylic acid groups (broad SMARTS) is 1. The van der Waals surface area contributed by atoms with Crippen molar-refractivity contribution in [2.75, 3.05) is 33.3 Å². The average Bonchev–Trinajstić information content (AvgIpc) is 3.42. The Hall–Kier alpha value is -4.99. The minimum atomic E-state index is -1.11. The molecule has 0 aromatic heterocycles. The van der Waals surface area contributed by atoms with Crippen LogP contribution in [0, 0.1) is 0 Å². The molecule has 0 bridgehead atoms. The molecule has 0 saturated carbocycles. The Labute approximate surface area is 287 Å². The zero-order chi connectivity index (χ0) is 34.2. The van der Waals surface area contributed by atoms with E-state index in [1.165, 1.54) is 5.56 Å². The number of benzene rings is 4. The molecule has 1 fully saturated rings. The molecule has 9 nitrogen and oxygen atoms in total. The molecule has 4 aromatic carbocycles. The Balaban J connectivity index is 1.12. The Morgan fingerprint density at radius 3 is 1.98 bits per heavy atom. The first kappa shape index (κ1) is 33.9. The van der Waals surface area contributed by atoms with Crippen LogP contribution in [0.4, 0.5) is 4.79 Å². The molecule has 2 amide bonds. The maximum atomic E-state index is 13.6. The van der Waals surface area contributed by atoms with E-state index in [4.69, 9.17) is 4.74 Å². The second-order valence-corrected chi connectivity index (χ2v) is 13.3. The molecular formula is C40H44N4O5. The van der Waals surface area contributed by atoms with Crippen LogP contribution in [-0.4, -0.2) is 77.7 Å². The highest BCUT2D eigenvalue weighted by molar-refractivity contribution is 5.85. The molecule has 9 heteroatoms. The molecule has 0 radical (unpaired) electrons. The molecule has 1 saturated heterocycles. The van der Waals surface area contributed by atoms with Crippen LogP contribution in [0.1, 0.15) is 47.4 Å². The number of likely N-dealkylation sites (N-methyl/N-ethyl adjacent to an activating group) is 1. The second kappa shape index (κ2) is 15.5. The number of hydrogen-bond acceptors (Lipinski definition) is 6. The molecular weight excluding hydrogens is 616 g/mol. The number of aliphatic carboxylic acids is 1. The lowest BCUT2D eigenvalue weighted by atomic mass is 9.83. The normalized spacial score (nSPS) is 16.0. The van der Waals surface area contributed by atoms with Gasteiger partial charge in [0.1, 0.15) is 12.6 Å². The number of ether oxygens (including phenoxy) is 1. The SMILES string of the molecule is CN(Cc1ccccc1)CC(NC(=O)CC1(NC(=O)OCC2c3ccccc3-c3ccccc32)CCN(Cc2ccccc2)CC1)C(=O)O. The summed E-state index contributed by atoms with van der Waals surface area (Å²) in [6.07, 6.45) is 0.401. The highest BCUT2D eigenvalue weighted by Crippen LogP contribution is 2.44. The van der Waals surface area contributed by atoms with Gasteiger partial charge in [0, 0.05) is 45.1 Å². The third-order valence-corrected chi connectivity index (χ3v) is 9.69. The fourth-order valence-electron chi connectivity index (χ4n) is 7.19. The number of piperidine rings is 1. The first-order valence-electron chi connectivity index (χ1n) is 16.9. The third-order valence-electron chi connectivity index (χ3n) is 9.69. The quantitative estimate of drug-likeness (QED) is 0.170. The van der Waals surface area contributed by atoms with Crippen molar-refractivity contribution < 1.29 is 24.2 Å². The second-order valence-electron chi connectivity index (χ2n) is 13.3. The van der Waals surface area contributed by atoms with Crippen molar-refractivity contribution in [3.63, 3.8) is 0 Å². The van der Waals surface area contributed by atoms with Gasteiger partial charge in [0.2, 0.25) is 5.91 Å². The molecule has 1 aliphatic carbocycles. The summed E-state index contributed by atoms with van der Waals surface area (Å²) in [5, 5.41) is 15.8. The van der Waals surface area contributed by atoms with Crippen LogP contribution in [-0.2, 0) is 27.4 Å². The number of rotatable bonds is 13. The molecule has 1 atom stereocenters. The molecule has 0 spiro atoms. The number of carbonyl (C=O) groups is 3. The number of likely N-dealkylation sites (tertiary alicyclic amines) is 1. The van der Waals surface area contributed by atoms with E-state index in [0.29, 0.717) is 32.5 Å². The van der Waals surface area contributed by atoms with E-state index < -0.39 is 29.6 Å². The van der Waals surface area contributed by atoms with Gasteiger partial charge < -0.3 is 20.5 Å². The standard InChI is InChI=1S/C40H44N4O5/c1-43(25-29-12-4-2-5-13-29)27-36(38(46)47)41-37(45)24-40(20-22-44(23-21-40)26-30-14-6-3-7-15-30)42-39(48)49-28-35-33-18-10-8-16-31(33)32-17-9-11-19-34(32)35/h2-19,35-36H,20-28H2,1H3,(H,41,45)(H,42,48)(H,46,47). The summed E-state index contributed by atoms with van der Waals surface area (Å²) in [4.78, 5) is 43.5. The van der Waals surface area contributed by atoms with Crippen LogP contribution in [0.3, 0.4) is 0 Å². The summed E-state index contributed by atoms with van der Waals surface area (Å²) < 4.78 is 5.90. The number of carboxylic acids is 1. The lowest BCUT2D eigenvalue weighted by Crippen LogP contribution is -2.58. The molecule has 3 N–H and O–H groups in total. The summed E-state index contributed by atoms with van der Waals surface area (Å²) in [5.41, 5.74) is 5.89. The smallest absolute Gasteiger partial charge is 0.407 e. The van der Waals surface area contributed by atoms with Gasteiger partial charge in [-0.05, 0) is 53.3 Å². The predicted octanol–water partition coefficient (Wildman–Crippen LogP) is 5.65. The summed E-state index contributed by atoms with van der Waals surface area (Å²) in [7, 11) is 1.83. The summed E-state index contributed by atoms with van der Waals surface area (Å²) in [5.74, 6) is -1.62. The molecule has 254 valence electrons. The number of nitrogens with zero attached hydrogens (tertiary/aromatic N) is 2. The van der Waals surface area contributed by atoms with Crippen molar-refractivity contribution in [2.45, 2.75) is 49.9 Å². The highest BCUT2D eigenvalue weighted by atomic mass is 16.5. The molecule has 1 heterocycles. The van der Waals surface area contributed by atoms with E-state index >= 15 is 0 Å². The summed E-state index contributed by atoms with van der Waals surface area (Å²) in [6, 6.07) is 35.2. The molecule has 1 unspecified atom stereocenters. The van der Waals surface area contributed by atoms with E-state index in [9.17, 15) is 19.5 Å². The van der Waals surface area contributed by atoms with Gasteiger partial charge in [-0.3, -0.25) is 14.6 Å². The van der Waals surface area contributed by atoms with Gasteiger partial charge in [0.15, 0.2) is 0 Å². The van der Waals surface area contributed by atoms with Crippen molar-refractivity contribution in [3.8, 4) is 11.1 Å². The third kappa shape index (κ3) is 8.54. The molecule has 2 aliphatic rings. The first-order chi connectivity index (χ1) is 23.8. The lowest BCUT2D eigenvalue weighted by Gasteiger charge is -2.42. The Kier molecular flexibility index (Phi) is 10.7. The van der Waals surface area contributed by atoms with E-state index in [1.807, 2.05) is 84.7 Å². The van der Waals surface area contributed by atoms with Gasteiger partial charge in [-0.1, -0.05) is 109 Å². The maximum absolute atomic E-state index is 13.6. The molecule has 49 heavy (non-hydrogen) atoms. The number of fused-ring (bicyclic) bond motifs is 3. The number of alkyl carbamates (subject to hydrolysis) is 1. The van der Waals surface area contributed by atoms with Crippen molar-refractivity contribution >= 4 is 18.0 Å². The number of hydrogen-bond donors (Lipinski definition) is 3. The van der Waals surface area contributed by atoms with Crippen LogP contribution >= 0.6 is 0 Å². The van der Waals surface area contributed by atoms with Crippen LogP contribution in [0.25, 0.3) is 11.1 Å². The van der Waals surface area contributed by atoms with E-state index in [-0.39, 0.29) is 25.5 Å². The Morgan fingerprint density at radius 1 is 0.837 bits per heavy atom. The largest absolute Gasteiger partial charge is 0.480 e. The van der Waals surface area contributed by atoms with Gasteiger partial charge in [-0.15, -0.1) is 0 Å². The molecule has 6 rings (SSSR count). The zero-order valence-corrected chi connectivity index (χ0v) is 27.9. The van der Waals surface area contributed by atoms with Crippen molar-refractivity contribution in [1.82, 2.24) is 20.4 Å². The number of carbonyl (C=O) groups excluding carboxylic acids is 2. The molecule has 1 aliphatic heterocycles. The van der Waals surface area contributed by atoms with Gasteiger partial charge >= 0.3 is 12.1 Å². The predicted molar refractivity (Wildman–Crippen MR) is 189 cm³/mol. The Bertz CT molecular complexity index is 1690. The van der Waals surface area contributed by atoms with Crippen LogP contribution < -0.4 is 10.6 Å². The zero-order valence-electron chi connectivity index (χ0n) is 27.9. The van der Waals surface area contributed by atoms with E-state index in [1.54, 1.807) is 0 Å². The average molecular weight is 661 g/mol. The summed E-state index contributed by atoms with van der Waals surface area (Å²) in [6.45, 7) is 2.93. The monoisotopic (exact) mass is 660 g/mol. The van der Waals surface area contributed by atoms with Gasteiger partial charge in [0.05, 0.1) is 5.54 Å². The lowest BCUT2D eigenvalue weighted by molar-refractivity contribution is -0.142. The van der Waals surface area contributed by atoms with Crippen LogP contribution in [0.2, 0.25) is 0 Å². The first-order valence-corrected chi connectivity index (χ1v) is 16.9. The minimum absolute atomic E-state index is 0.0530. The van der Waals surface area contributed by atoms with Crippen molar-refractivity contribution in [3.05, 3.63) is 131 Å². The maximum Gasteiger partial charge on any atom is 0.407 e. The molecule has 4 aromatic rings. The van der Waals surface area contributed by atoms with Gasteiger partial charge in [-0.2, -0.15) is 0 Å². The number of nitrogens with one attached hydrogen (secondary N) is 2. The fourth-order valence-corrected chi connectivity index (χ4v) is 7.19. The minimum Gasteiger partial charge on any atom is -0.480 e. The summed E-state index contributed by atoms with van der Waals surface area (Å²) >= 11 is 0. The van der Waals surface area contributed by atoms with E-state index in [2.05, 4.69) is 51.9 Å². The topological polar surface area (TPSA) is 111 Å². The van der Waals surface area contributed by atoms with Crippen molar-refractivity contribution in [2.24, 2.45) is 0 Å².